The standard InChI is InChI=1S/C19H23N3O3/c1-21-10-4-7-16(21)19(23)22-12-17(18-15(22)8-5-11-24-18)25-13-14-6-2-3-9-20-14/h2-4,6-7,9-10,15,17-18H,5,8,11-13H2,1H3/t15-,17-,18+/m1/s1. The first kappa shape index (κ1) is 16.3. The molecule has 6 nitrogen and oxygen atoms in total. The summed E-state index contributed by atoms with van der Waals surface area (Å²) < 4.78 is 13.9. The SMILES string of the molecule is Cn1cccc1C(=O)N1C[C@@H](OCc2ccccn2)[C@H]2OCCC[C@H]21. The number of hydrogen-bond donors (Lipinski definition) is 0. The Kier molecular flexibility index (Phi) is 4.55. The van der Waals surface area contributed by atoms with Gasteiger partial charge < -0.3 is 18.9 Å². The summed E-state index contributed by atoms with van der Waals surface area (Å²) in [6, 6.07) is 9.63. The fraction of sp³-hybridized carbons (Fsp3) is 0.474. The summed E-state index contributed by atoms with van der Waals surface area (Å²) in [6.07, 6.45) is 5.43. The minimum atomic E-state index is -0.114. The summed E-state index contributed by atoms with van der Waals surface area (Å²) in [7, 11) is 1.90. The number of ether oxygens (including phenoxy) is 2. The van der Waals surface area contributed by atoms with E-state index in [1.807, 2.05) is 53.0 Å². The van der Waals surface area contributed by atoms with Crippen LogP contribution in [0.5, 0.6) is 0 Å². The number of amides is 1. The average molecular weight is 341 g/mol. The molecule has 0 aromatic carbocycles. The zero-order chi connectivity index (χ0) is 17.2. The zero-order valence-corrected chi connectivity index (χ0v) is 14.4. The van der Waals surface area contributed by atoms with Gasteiger partial charge in [0.05, 0.1) is 24.9 Å². The number of fused-ring (bicyclic) bond motifs is 1. The van der Waals surface area contributed by atoms with Crippen LogP contribution >= 0.6 is 0 Å². The van der Waals surface area contributed by atoms with E-state index in [0.717, 1.165) is 25.1 Å². The van der Waals surface area contributed by atoms with Crippen LogP contribution in [-0.2, 0) is 23.1 Å². The lowest BCUT2D eigenvalue weighted by molar-refractivity contribution is -0.0814. The molecule has 2 aliphatic heterocycles. The zero-order valence-electron chi connectivity index (χ0n) is 14.4. The summed E-state index contributed by atoms with van der Waals surface area (Å²) >= 11 is 0. The maximum absolute atomic E-state index is 13.0. The molecule has 2 saturated heterocycles. The van der Waals surface area contributed by atoms with Gasteiger partial charge >= 0.3 is 0 Å². The highest BCUT2D eigenvalue weighted by atomic mass is 16.5. The van der Waals surface area contributed by atoms with Crippen LogP contribution in [0.25, 0.3) is 0 Å². The lowest BCUT2D eigenvalue weighted by atomic mass is 10.0. The van der Waals surface area contributed by atoms with Gasteiger partial charge in [0.2, 0.25) is 0 Å². The monoisotopic (exact) mass is 341 g/mol. The molecule has 25 heavy (non-hydrogen) atoms. The number of nitrogens with zero attached hydrogens (tertiary/aromatic N) is 3. The minimum absolute atomic E-state index is 0.0527. The molecule has 0 saturated carbocycles. The molecule has 0 unspecified atom stereocenters. The topological polar surface area (TPSA) is 56.6 Å². The van der Waals surface area contributed by atoms with Gasteiger partial charge in [-0.15, -0.1) is 0 Å². The van der Waals surface area contributed by atoms with Gasteiger partial charge in [-0.2, -0.15) is 0 Å². The van der Waals surface area contributed by atoms with Gasteiger partial charge in [0.25, 0.3) is 5.91 Å². The Bertz CT molecular complexity index is 731. The number of carbonyl (C=O) groups excluding carboxylic acids is 1. The molecule has 0 aliphatic carbocycles. The number of hydrogen-bond acceptors (Lipinski definition) is 4. The first-order chi connectivity index (χ1) is 12.2. The van der Waals surface area contributed by atoms with Crippen molar-refractivity contribution < 1.29 is 14.3 Å². The van der Waals surface area contributed by atoms with Crippen LogP contribution in [0.15, 0.2) is 42.7 Å². The second-order valence-corrected chi connectivity index (χ2v) is 6.68. The lowest BCUT2D eigenvalue weighted by Crippen LogP contribution is -2.44. The van der Waals surface area contributed by atoms with Crippen molar-refractivity contribution in [3.05, 3.63) is 54.1 Å². The molecule has 2 aromatic heterocycles. The Hall–Kier alpha value is -2.18. The lowest BCUT2D eigenvalue weighted by Gasteiger charge is -2.32. The molecule has 4 rings (SSSR count). The normalized spacial score (nSPS) is 25.8. The Morgan fingerprint density at radius 3 is 3.04 bits per heavy atom. The van der Waals surface area contributed by atoms with E-state index in [-0.39, 0.29) is 24.2 Å². The first-order valence-corrected chi connectivity index (χ1v) is 8.79. The molecule has 0 N–H and O–H groups in total. The van der Waals surface area contributed by atoms with Crippen LogP contribution in [0.1, 0.15) is 29.0 Å². The van der Waals surface area contributed by atoms with Crippen molar-refractivity contribution in [1.82, 2.24) is 14.5 Å². The number of aryl methyl sites for hydroxylation is 1. The smallest absolute Gasteiger partial charge is 0.270 e. The van der Waals surface area contributed by atoms with Crippen LogP contribution in [0.4, 0.5) is 0 Å². The molecule has 2 aromatic rings. The Morgan fingerprint density at radius 1 is 1.36 bits per heavy atom. The average Bonchev–Trinajstić information content (AvgIpc) is 3.24. The highest BCUT2D eigenvalue weighted by molar-refractivity contribution is 5.93. The van der Waals surface area contributed by atoms with E-state index in [1.165, 1.54) is 0 Å². The third kappa shape index (κ3) is 3.19. The van der Waals surface area contributed by atoms with Crippen molar-refractivity contribution in [3.8, 4) is 0 Å². The third-order valence-electron chi connectivity index (χ3n) is 5.07. The molecule has 0 bridgehead atoms. The number of pyridine rings is 1. The largest absolute Gasteiger partial charge is 0.373 e. The van der Waals surface area contributed by atoms with Gasteiger partial charge in [-0.3, -0.25) is 9.78 Å². The highest BCUT2D eigenvalue weighted by Gasteiger charge is 2.47. The van der Waals surface area contributed by atoms with E-state index in [4.69, 9.17) is 9.47 Å². The van der Waals surface area contributed by atoms with E-state index >= 15 is 0 Å². The minimum Gasteiger partial charge on any atom is -0.373 e. The summed E-state index contributed by atoms with van der Waals surface area (Å²) in [4.78, 5) is 19.2. The van der Waals surface area contributed by atoms with Gasteiger partial charge in [0.15, 0.2) is 0 Å². The van der Waals surface area contributed by atoms with Gasteiger partial charge in [0, 0.05) is 26.0 Å². The maximum atomic E-state index is 13.0. The second kappa shape index (κ2) is 6.98. The van der Waals surface area contributed by atoms with Crippen molar-refractivity contribution >= 4 is 5.91 Å². The van der Waals surface area contributed by atoms with E-state index in [2.05, 4.69) is 4.98 Å². The maximum Gasteiger partial charge on any atom is 0.270 e. The van der Waals surface area contributed by atoms with Crippen molar-refractivity contribution in [3.63, 3.8) is 0 Å². The Morgan fingerprint density at radius 2 is 2.28 bits per heavy atom. The molecule has 6 heteroatoms. The van der Waals surface area contributed by atoms with Gasteiger partial charge in [-0.05, 0) is 37.1 Å². The predicted molar refractivity (Wildman–Crippen MR) is 92.0 cm³/mol. The van der Waals surface area contributed by atoms with Gasteiger partial charge in [0.1, 0.15) is 17.9 Å². The quantitative estimate of drug-likeness (QED) is 0.854. The van der Waals surface area contributed by atoms with E-state index in [0.29, 0.717) is 18.8 Å². The van der Waals surface area contributed by atoms with Crippen LogP contribution < -0.4 is 0 Å². The molecular formula is C19H23N3O3. The molecule has 0 radical (unpaired) electrons. The van der Waals surface area contributed by atoms with E-state index in [9.17, 15) is 4.79 Å². The highest BCUT2D eigenvalue weighted by Crippen LogP contribution is 2.32. The molecule has 1 amide bonds. The second-order valence-electron chi connectivity index (χ2n) is 6.68. The molecule has 0 spiro atoms. The Balaban J connectivity index is 1.49. The molecule has 3 atom stereocenters. The number of aromatic nitrogens is 2. The number of likely N-dealkylation sites (tertiary alicyclic amines) is 1. The van der Waals surface area contributed by atoms with Crippen LogP contribution in [-0.4, -0.2) is 51.8 Å². The molecular weight excluding hydrogens is 318 g/mol. The summed E-state index contributed by atoms with van der Waals surface area (Å²) in [5.74, 6) is 0.0527. The fourth-order valence-electron chi connectivity index (χ4n) is 3.80. The van der Waals surface area contributed by atoms with E-state index < -0.39 is 0 Å². The van der Waals surface area contributed by atoms with Crippen molar-refractivity contribution in [2.24, 2.45) is 7.05 Å². The summed E-state index contributed by atoms with van der Waals surface area (Å²) in [5.41, 5.74) is 1.59. The Labute approximate surface area is 147 Å². The predicted octanol–water partition coefficient (Wildman–Crippen LogP) is 2.01. The van der Waals surface area contributed by atoms with E-state index in [1.54, 1.807) is 6.20 Å². The van der Waals surface area contributed by atoms with Crippen molar-refractivity contribution in [2.45, 2.75) is 37.7 Å². The molecule has 2 aliphatic rings. The molecule has 4 heterocycles. The third-order valence-corrected chi connectivity index (χ3v) is 5.07. The molecule has 132 valence electrons. The van der Waals surface area contributed by atoms with Gasteiger partial charge in [-0.1, -0.05) is 6.07 Å². The van der Waals surface area contributed by atoms with Crippen LogP contribution in [0.2, 0.25) is 0 Å². The molecule has 2 fully saturated rings. The number of carbonyl (C=O) groups is 1. The van der Waals surface area contributed by atoms with Crippen LogP contribution in [0, 0.1) is 0 Å². The van der Waals surface area contributed by atoms with Crippen molar-refractivity contribution in [2.75, 3.05) is 13.2 Å². The summed E-state index contributed by atoms with van der Waals surface area (Å²) in [6.45, 7) is 1.73. The van der Waals surface area contributed by atoms with Crippen LogP contribution in [0.3, 0.4) is 0 Å². The number of rotatable bonds is 4. The van der Waals surface area contributed by atoms with Crippen molar-refractivity contribution in [1.29, 1.82) is 0 Å². The summed E-state index contributed by atoms with van der Waals surface area (Å²) in [5, 5.41) is 0. The fourth-order valence-corrected chi connectivity index (χ4v) is 3.80. The van der Waals surface area contributed by atoms with Gasteiger partial charge in [-0.25, -0.2) is 0 Å². The first-order valence-electron chi connectivity index (χ1n) is 8.79.